The summed E-state index contributed by atoms with van der Waals surface area (Å²) in [7, 11) is 2.92. The SMILES string of the molecule is CCCN(CC(=O)Nc1ccc(OC)cc1)CC(=O)OC. The summed E-state index contributed by atoms with van der Waals surface area (Å²) in [5.41, 5.74) is 0.690. The first kappa shape index (κ1) is 17.0. The van der Waals surface area contributed by atoms with Gasteiger partial charge < -0.3 is 14.8 Å². The van der Waals surface area contributed by atoms with Gasteiger partial charge in [0.25, 0.3) is 0 Å². The van der Waals surface area contributed by atoms with E-state index in [2.05, 4.69) is 10.1 Å². The van der Waals surface area contributed by atoms with Crippen molar-refractivity contribution in [2.45, 2.75) is 13.3 Å². The Morgan fingerprint density at radius 2 is 1.81 bits per heavy atom. The van der Waals surface area contributed by atoms with Crippen LogP contribution in [0.2, 0.25) is 0 Å². The number of ether oxygens (including phenoxy) is 2. The van der Waals surface area contributed by atoms with Crippen molar-refractivity contribution in [2.75, 3.05) is 39.2 Å². The Labute approximate surface area is 125 Å². The van der Waals surface area contributed by atoms with Gasteiger partial charge >= 0.3 is 5.97 Å². The van der Waals surface area contributed by atoms with Crippen molar-refractivity contribution >= 4 is 17.6 Å². The van der Waals surface area contributed by atoms with Crippen LogP contribution in [0.5, 0.6) is 5.75 Å². The number of amides is 1. The molecule has 0 bridgehead atoms. The first-order valence-electron chi connectivity index (χ1n) is 6.82. The third kappa shape index (κ3) is 6.27. The molecule has 6 heteroatoms. The Balaban J connectivity index is 2.53. The number of nitrogens with one attached hydrogen (secondary N) is 1. The third-order valence-electron chi connectivity index (χ3n) is 2.86. The molecular formula is C15H22N2O4. The first-order chi connectivity index (χ1) is 10.1. The first-order valence-corrected chi connectivity index (χ1v) is 6.82. The Bertz CT molecular complexity index is 459. The van der Waals surface area contributed by atoms with Crippen LogP contribution in [-0.2, 0) is 14.3 Å². The standard InChI is InChI=1S/C15H22N2O4/c1-4-9-17(11-15(19)21-3)10-14(18)16-12-5-7-13(20-2)8-6-12/h5-8H,4,9-11H2,1-3H3,(H,16,18). The molecule has 0 aliphatic heterocycles. The van der Waals surface area contributed by atoms with E-state index in [1.807, 2.05) is 6.92 Å². The average molecular weight is 294 g/mol. The Morgan fingerprint density at radius 1 is 1.14 bits per heavy atom. The van der Waals surface area contributed by atoms with E-state index in [1.165, 1.54) is 7.11 Å². The molecule has 0 saturated carbocycles. The van der Waals surface area contributed by atoms with Gasteiger partial charge in [-0.15, -0.1) is 0 Å². The molecule has 0 spiro atoms. The molecular weight excluding hydrogens is 272 g/mol. The van der Waals surface area contributed by atoms with Crippen LogP contribution in [0.3, 0.4) is 0 Å². The summed E-state index contributed by atoms with van der Waals surface area (Å²) >= 11 is 0. The summed E-state index contributed by atoms with van der Waals surface area (Å²) in [4.78, 5) is 25.0. The van der Waals surface area contributed by atoms with Gasteiger partial charge in [0.2, 0.25) is 5.91 Å². The number of rotatable bonds is 8. The summed E-state index contributed by atoms with van der Waals surface area (Å²) < 4.78 is 9.68. The zero-order valence-electron chi connectivity index (χ0n) is 12.7. The number of methoxy groups -OCH3 is 2. The maximum absolute atomic E-state index is 12.0. The minimum absolute atomic E-state index is 0.111. The molecule has 21 heavy (non-hydrogen) atoms. The zero-order chi connectivity index (χ0) is 15.7. The smallest absolute Gasteiger partial charge is 0.319 e. The van der Waals surface area contributed by atoms with Gasteiger partial charge in [-0.25, -0.2) is 0 Å². The summed E-state index contributed by atoms with van der Waals surface area (Å²) in [6.45, 7) is 2.91. The highest BCUT2D eigenvalue weighted by atomic mass is 16.5. The maximum Gasteiger partial charge on any atom is 0.319 e. The van der Waals surface area contributed by atoms with Crippen molar-refractivity contribution in [3.63, 3.8) is 0 Å². The predicted octanol–water partition coefficient (Wildman–Crippen LogP) is 1.52. The van der Waals surface area contributed by atoms with Crippen LogP contribution in [-0.4, -0.2) is 50.6 Å². The molecule has 0 atom stereocenters. The summed E-state index contributed by atoms with van der Waals surface area (Å²) in [5, 5.41) is 2.79. The van der Waals surface area contributed by atoms with Crippen molar-refractivity contribution in [2.24, 2.45) is 0 Å². The van der Waals surface area contributed by atoms with E-state index in [4.69, 9.17) is 4.74 Å². The number of hydrogen-bond acceptors (Lipinski definition) is 5. The van der Waals surface area contributed by atoms with Crippen molar-refractivity contribution < 1.29 is 19.1 Å². The van der Waals surface area contributed by atoms with Crippen LogP contribution in [0.25, 0.3) is 0 Å². The topological polar surface area (TPSA) is 67.9 Å². The minimum atomic E-state index is -0.347. The third-order valence-corrected chi connectivity index (χ3v) is 2.86. The molecule has 0 unspecified atom stereocenters. The fourth-order valence-electron chi connectivity index (χ4n) is 1.86. The molecule has 6 nitrogen and oxygen atoms in total. The van der Waals surface area contributed by atoms with E-state index in [1.54, 1.807) is 36.3 Å². The molecule has 0 aliphatic carbocycles. The highest BCUT2D eigenvalue weighted by molar-refractivity contribution is 5.92. The van der Waals surface area contributed by atoms with Gasteiger partial charge in [0.1, 0.15) is 5.75 Å². The number of benzene rings is 1. The Kier molecular flexibility index (Phi) is 7.25. The molecule has 0 fully saturated rings. The van der Waals surface area contributed by atoms with Gasteiger partial charge in [-0.05, 0) is 37.2 Å². The second kappa shape index (κ2) is 8.97. The number of hydrogen-bond donors (Lipinski definition) is 1. The van der Waals surface area contributed by atoms with E-state index in [-0.39, 0.29) is 25.0 Å². The lowest BCUT2D eigenvalue weighted by molar-refractivity contribution is -0.142. The van der Waals surface area contributed by atoms with Crippen LogP contribution in [0.15, 0.2) is 24.3 Å². The van der Waals surface area contributed by atoms with E-state index in [0.717, 1.165) is 12.2 Å². The maximum atomic E-state index is 12.0. The molecule has 1 aromatic rings. The van der Waals surface area contributed by atoms with Crippen molar-refractivity contribution in [3.05, 3.63) is 24.3 Å². The summed E-state index contributed by atoms with van der Waals surface area (Å²) in [6, 6.07) is 7.07. The van der Waals surface area contributed by atoms with Crippen LogP contribution < -0.4 is 10.1 Å². The number of carbonyl (C=O) groups excluding carboxylic acids is 2. The molecule has 1 aromatic carbocycles. The number of carbonyl (C=O) groups is 2. The molecule has 1 N–H and O–H groups in total. The Hall–Kier alpha value is -2.08. The highest BCUT2D eigenvalue weighted by Crippen LogP contribution is 2.14. The molecule has 0 aliphatic rings. The summed E-state index contributed by atoms with van der Waals surface area (Å²) in [5.74, 6) is 0.213. The van der Waals surface area contributed by atoms with Crippen molar-refractivity contribution in [1.29, 1.82) is 0 Å². The lowest BCUT2D eigenvalue weighted by atomic mass is 10.3. The fraction of sp³-hybridized carbons (Fsp3) is 0.467. The van der Waals surface area contributed by atoms with Crippen molar-refractivity contribution in [3.8, 4) is 5.75 Å². The zero-order valence-corrected chi connectivity index (χ0v) is 12.7. The number of nitrogens with zero attached hydrogens (tertiary/aromatic N) is 1. The van der Waals surface area contributed by atoms with Crippen LogP contribution in [0, 0.1) is 0 Å². The van der Waals surface area contributed by atoms with Gasteiger partial charge in [-0.1, -0.05) is 6.92 Å². The molecule has 0 heterocycles. The second-order valence-electron chi connectivity index (χ2n) is 4.56. The van der Waals surface area contributed by atoms with Crippen LogP contribution in [0.4, 0.5) is 5.69 Å². The van der Waals surface area contributed by atoms with E-state index >= 15 is 0 Å². The molecule has 1 rings (SSSR count). The van der Waals surface area contributed by atoms with E-state index in [0.29, 0.717) is 12.2 Å². The number of anilines is 1. The quantitative estimate of drug-likeness (QED) is 0.736. The molecule has 0 saturated heterocycles. The largest absolute Gasteiger partial charge is 0.497 e. The van der Waals surface area contributed by atoms with Gasteiger partial charge in [-0.3, -0.25) is 14.5 Å². The predicted molar refractivity (Wildman–Crippen MR) is 80.4 cm³/mol. The molecule has 1 amide bonds. The Morgan fingerprint density at radius 3 is 2.33 bits per heavy atom. The monoisotopic (exact) mass is 294 g/mol. The lowest BCUT2D eigenvalue weighted by Gasteiger charge is -2.19. The minimum Gasteiger partial charge on any atom is -0.497 e. The van der Waals surface area contributed by atoms with E-state index in [9.17, 15) is 9.59 Å². The molecule has 0 radical (unpaired) electrons. The lowest BCUT2D eigenvalue weighted by Crippen LogP contribution is -2.37. The highest BCUT2D eigenvalue weighted by Gasteiger charge is 2.14. The van der Waals surface area contributed by atoms with E-state index < -0.39 is 0 Å². The van der Waals surface area contributed by atoms with Gasteiger partial charge in [0.15, 0.2) is 0 Å². The molecule has 116 valence electrons. The average Bonchev–Trinajstić information content (AvgIpc) is 2.48. The fourth-order valence-corrected chi connectivity index (χ4v) is 1.86. The van der Waals surface area contributed by atoms with Gasteiger partial charge in [-0.2, -0.15) is 0 Å². The van der Waals surface area contributed by atoms with Gasteiger partial charge in [0, 0.05) is 5.69 Å². The van der Waals surface area contributed by atoms with Crippen LogP contribution in [0.1, 0.15) is 13.3 Å². The van der Waals surface area contributed by atoms with Crippen LogP contribution >= 0.6 is 0 Å². The van der Waals surface area contributed by atoms with Gasteiger partial charge in [0.05, 0.1) is 27.3 Å². The normalized spacial score (nSPS) is 10.3. The van der Waals surface area contributed by atoms with Crippen molar-refractivity contribution in [1.82, 2.24) is 4.90 Å². The summed E-state index contributed by atoms with van der Waals surface area (Å²) in [6.07, 6.45) is 0.854. The second-order valence-corrected chi connectivity index (χ2v) is 4.56. The number of esters is 1. The molecule has 0 aromatic heterocycles.